The minimum absolute atomic E-state index is 0.119. The van der Waals surface area contributed by atoms with Crippen molar-refractivity contribution in [3.63, 3.8) is 0 Å². The Hall–Kier alpha value is -2.35. The van der Waals surface area contributed by atoms with E-state index in [9.17, 15) is 4.79 Å². The van der Waals surface area contributed by atoms with Crippen LogP contribution in [0.3, 0.4) is 0 Å². The predicted octanol–water partition coefficient (Wildman–Crippen LogP) is 2.12. The summed E-state index contributed by atoms with van der Waals surface area (Å²) < 4.78 is 9.67. The lowest BCUT2D eigenvalue weighted by molar-refractivity contribution is -0.0895. The largest absolute Gasteiger partial charge is 0.367 e. The molecule has 2 aromatic rings. The number of carbonyl (C=O) groups is 1. The summed E-state index contributed by atoms with van der Waals surface area (Å²) in [5.74, 6) is 0. The van der Waals surface area contributed by atoms with Crippen LogP contribution in [0.25, 0.3) is 0 Å². The van der Waals surface area contributed by atoms with Crippen molar-refractivity contribution in [3.05, 3.63) is 30.4 Å². The molecule has 2 fully saturated rings. The third-order valence-electron chi connectivity index (χ3n) is 5.18. The highest BCUT2D eigenvalue weighted by Gasteiger charge is 2.37. The van der Waals surface area contributed by atoms with Crippen LogP contribution in [0.2, 0.25) is 0 Å². The number of nitrogens with one attached hydrogen (secondary N) is 1. The van der Waals surface area contributed by atoms with Crippen molar-refractivity contribution < 1.29 is 9.53 Å². The van der Waals surface area contributed by atoms with E-state index < -0.39 is 5.60 Å². The maximum atomic E-state index is 12.7. The van der Waals surface area contributed by atoms with Gasteiger partial charge in [0.25, 0.3) is 0 Å². The van der Waals surface area contributed by atoms with E-state index >= 15 is 0 Å². The first-order valence-corrected chi connectivity index (χ1v) is 8.77. The minimum Gasteiger partial charge on any atom is -0.367 e. The highest BCUT2D eigenvalue weighted by atomic mass is 16.5. The van der Waals surface area contributed by atoms with Crippen molar-refractivity contribution in [1.29, 1.82) is 0 Å². The lowest BCUT2D eigenvalue weighted by atomic mass is 9.93. The first kappa shape index (κ1) is 16.1. The molecule has 1 saturated heterocycles. The van der Waals surface area contributed by atoms with Crippen LogP contribution >= 0.6 is 0 Å². The zero-order chi connectivity index (χ0) is 17.4. The second-order valence-corrected chi connectivity index (χ2v) is 7.13. The second-order valence-electron chi connectivity index (χ2n) is 7.13. The van der Waals surface area contributed by atoms with Gasteiger partial charge in [0.1, 0.15) is 5.60 Å². The van der Waals surface area contributed by atoms with Crippen molar-refractivity contribution in [2.75, 3.05) is 25.0 Å². The van der Waals surface area contributed by atoms with Crippen molar-refractivity contribution in [3.8, 4) is 0 Å². The zero-order valence-corrected chi connectivity index (χ0v) is 14.7. The number of ether oxygens (including phenoxy) is 1. The molecule has 2 aliphatic rings. The molecule has 8 nitrogen and oxygen atoms in total. The molecule has 3 heterocycles. The smallest absolute Gasteiger partial charge is 0.322 e. The average molecular weight is 344 g/mol. The topological polar surface area (TPSA) is 77.2 Å². The van der Waals surface area contributed by atoms with Crippen molar-refractivity contribution in [2.24, 2.45) is 7.05 Å². The van der Waals surface area contributed by atoms with Gasteiger partial charge in [-0.05, 0) is 26.2 Å². The second kappa shape index (κ2) is 6.18. The molecule has 0 radical (unpaired) electrons. The predicted molar refractivity (Wildman–Crippen MR) is 92.2 cm³/mol. The van der Waals surface area contributed by atoms with E-state index in [1.807, 2.05) is 31.0 Å². The molecule has 1 N–H and O–H groups in total. The average Bonchev–Trinajstić information content (AvgIpc) is 3.15. The minimum atomic E-state index is -0.542. The normalized spacial score (nSPS) is 24.2. The molecule has 0 spiro atoms. The summed E-state index contributed by atoms with van der Waals surface area (Å²) >= 11 is 0. The van der Waals surface area contributed by atoms with Gasteiger partial charge in [-0.25, -0.2) is 4.79 Å². The Morgan fingerprint density at radius 1 is 1.32 bits per heavy atom. The Kier molecular flexibility index (Phi) is 3.99. The number of anilines is 1. The van der Waals surface area contributed by atoms with E-state index in [0.29, 0.717) is 25.7 Å². The lowest BCUT2D eigenvalue weighted by Crippen LogP contribution is -2.51. The molecule has 1 aliphatic heterocycles. The van der Waals surface area contributed by atoms with Gasteiger partial charge < -0.3 is 15.0 Å². The number of aromatic nitrogens is 4. The van der Waals surface area contributed by atoms with Crippen LogP contribution in [0.4, 0.5) is 10.5 Å². The Bertz CT molecular complexity index is 765. The van der Waals surface area contributed by atoms with Gasteiger partial charge in [0, 0.05) is 31.5 Å². The van der Waals surface area contributed by atoms with Gasteiger partial charge >= 0.3 is 6.03 Å². The fourth-order valence-corrected chi connectivity index (χ4v) is 3.37. The molecule has 1 atom stereocenters. The van der Waals surface area contributed by atoms with Crippen LogP contribution in [0, 0.1) is 0 Å². The molecule has 2 aromatic heterocycles. The molecule has 134 valence electrons. The van der Waals surface area contributed by atoms with Gasteiger partial charge in [-0.2, -0.15) is 10.2 Å². The van der Waals surface area contributed by atoms with Crippen LogP contribution < -0.4 is 5.32 Å². The number of carbonyl (C=O) groups excluding carboxylic acids is 1. The van der Waals surface area contributed by atoms with Crippen LogP contribution in [0.1, 0.15) is 37.8 Å². The first-order valence-electron chi connectivity index (χ1n) is 8.77. The summed E-state index contributed by atoms with van der Waals surface area (Å²) in [6.45, 7) is 3.55. The summed E-state index contributed by atoms with van der Waals surface area (Å²) in [5.41, 5.74) is 1.18. The van der Waals surface area contributed by atoms with Crippen LogP contribution in [-0.4, -0.2) is 50.2 Å². The van der Waals surface area contributed by atoms with Crippen LogP contribution in [0.15, 0.2) is 24.8 Å². The SMILES string of the molecule is Cn1cc(C2(C)CN(C(=O)Nc3cnn(C4CCC4)c3)CCO2)cn1. The molecule has 4 rings (SSSR count). The molecule has 8 heteroatoms. The third-order valence-corrected chi connectivity index (χ3v) is 5.18. The Balaban J connectivity index is 1.42. The molecule has 1 saturated carbocycles. The number of hydrogen-bond donors (Lipinski definition) is 1. The van der Waals surface area contributed by atoms with E-state index in [-0.39, 0.29) is 6.03 Å². The highest BCUT2D eigenvalue weighted by molar-refractivity contribution is 5.89. The quantitative estimate of drug-likeness (QED) is 0.925. The monoisotopic (exact) mass is 344 g/mol. The Labute approximate surface area is 146 Å². The lowest BCUT2D eigenvalue weighted by Gasteiger charge is -2.39. The van der Waals surface area contributed by atoms with Crippen molar-refractivity contribution >= 4 is 11.7 Å². The number of amides is 2. The van der Waals surface area contributed by atoms with E-state index in [2.05, 4.69) is 15.5 Å². The molecule has 1 unspecified atom stereocenters. The molecule has 2 amide bonds. The maximum Gasteiger partial charge on any atom is 0.322 e. The van der Waals surface area contributed by atoms with E-state index in [1.54, 1.807) is 22.0 Å². The molecule has 25 heavy (non-hydrogen) atoms. The summed E-state index contributed by atoms with van der Waals surface area (Å²) in [6.07, 6.45) is 11.0. The highest BCUT2D eigenvalue weighted by Crippen LogP contribution is 2.32. The van der Waals surface area contributed by atoms with Gasteiger partial charge in [-0.1, -0.05) is 0 Å². The summed E-state index contributed by atoms with van der Waals surface area (Å²) in [7, 11) is 1.87. The fourth-order valence-electron chi connectivity index (χ4n) is 3.37. The maximum absolute atomic E-state index is 12.7. The Morgan fingerprint density at radius 2 is 2.16 bits per heavy atom. The molecular weight excluding hydrogens is 320 g/mol. The molecule has 0 aromatic carbocycles. The van der Waals surface area contributed by atoms with Crippen LogP contribution in [-0.2, 0) is 17.4 Å². The van der Waals surface area contributed by atoms with Gasteiger partial charge in [0.05, 0.1) is 37.3 Å². The summed E-state index contributed by atoms with van der Waals surface area (Å²) in [4.78, 5) is 14.4. The van der Waals surface area contributed by atoms with Gasteiger partial charge in [-0.3, -0.25) is 9.36 Å². The summed E-state index contributed by atoms with van der Waals surface area (Å²) in [6, 6.07) is 0.370. The van der Waals surface area contributed by atoms with Crippen molar-refractivity contribution in [2.45, 2.75) is 37.8 Å². The standard InChI is InChI=1S/C17H24N6O2/c1-17(13-8-18-21(2)10-13)12-22(6-7-25-17)16(24)20-14-9-19-23(11-14)15-4-3-5-15/h8-11,15H,3-7,12H2,1-2H3,(H,20,24). The number of hydrogen-bond acceptors (Lipinski definition) is 4. The number of urea groups is 1. The van der Waals surface area contributed by atoms with Crippen LogP contribution in [0.5, 0.6) is 0 Å². The third kappa shape index (κ3) is 3.13. The first-order chi connectivity index (χ1) is 12.0. The number of rotatable bonds is 3. The zero-order valence-electron chi connectivity index (χ0n) is 14.7. The number of nitrogens with zero attached hydrogens (tertiary/aromatic N) is 5. The molecule has 1 aliphatic carbocycles. The van der Waals surface area contributed by atoms with E-state index in [1.165, 1.54) is 19.3 Å². The Morgan fingerprint density at radius 3 is 2.84 bits per heavy atom. The molecule has 0 bridgehead atoms. The van der Waals surface area contributed by atoms with Gasteiger partial charge in [-0.15, -0.1) is 0 Å². The molecular formula is C17H24N6O2. The summed E-state index contributed by atoms with van der Waals surface area (Å²) in [5, 5.41) is 11.5. The van der Waals surface area contributed by atoms with E-state index in [4.69, 9.17) is 4.74 Å². The van der Waals surface area contributed by atoms with Gasteiger partial charge in [0.15, 0.2) is 0 Å². The fraction of sp³-hybridized carbons (Fsp3) is 0.588. The van der Waals surface area contributed by atoms with Crippen molar-refractivity contribution in [1.82, 2.24) is 24.5 Å². The number of aryl methyl sites for hydroxylation is 1. The number of morpholine rings is 1. The van der Waals surface area contributed by atoms with E-state index in [0.717, 1.165) is 11.3 Å². The van der Waals surface area contributed by atoms with Gasteiger partial charge in [0.2, 0.25) is 0 Å².